The number of benzene rings is 1. The zero-order chi connectivity index (χ0) is 10.8. The Balaban J connectivity index is 2.98. The fraction of sp³-hybridized carbons (Fsp3) is 0.364. The molecule has 0 aliphatic carbocycles. The van der Waals surface area contributed by atoms with Crippen LogP contribution in [-0.2, 0) is 0 Å². The fourth-order valence-electron chi connectivity index (χ4n) is 0.852. The van der Waals surface area contributed by atoms with Gasteiger partial charge in [-0.25, -0.2) is 4.99 Å². The molecule has 0 spiro atoms. The molecule has 0 bridgehead atoms. The lowest BCUT2D eigenvalue weighted by molar-refractivity contribution is 0.585. The van der Waals surface area contributed by atoms with Crippen LogP contribution in [0.15, 0.2) is 29.3 Å². The minimum absolute atomic E-state index is 0.0682. The molecule has 0 saturated carbocycles. The van der Waals surface area contributed by atoms with Gasteiger partial charge in [0, 0.05) is 8.99 Å². The molecule has 0 saturated heterocycles. The predicted molar refractivity (Wildman–Crippen MR) is 69.9 cm³/mol. The maximum Gasteiger partial charge on any atom is 0.105 e. The molecule has 0 unspecified atom stereocenters. The van der Waals surface area contributed by atoms with Gasteiger partial charge in [0.25, 0.3) is 0 Å². The number of nitrogens with zero attached hydrogens (tertiary/aromatic N) is 1. The topological polar surface area (TPSA) is 38.4 Å². The van der Waals surface area contributed by atoms with Crippen LogP contribution in [0.25, 0.3) is 0 Å². The van der Waals surface area contributed by atoms with Crippen molar-refractivity contribution in [3.05, 3.63) is 27.8 Å². The van der Waals surface area contributed by atoms with E-state index >= 15 is 0 Å². The van der Waals surface area contributed by atoms with Crippen LogP contribution in [0.1, 0.15) is 20.8 Å². The smallest absolute Gasteiger partial charge is 0.105 e. The highest BCUT2D eigenvalue weighted by Gasteiger charge is 2.15. The molecule has 3 heteroatoms. The summed E-state index contributed by atoms with van der Waals surface area (Å²) in [4.78, 5) is 4.38. The summed E-state index contributed by atoms with van der Waals surface area (Å²) < 4.78 is 1.17. The van der Waals surface area contributed by atoms with E-state index < -0.39 is 0 Å². The minimum atomic E-state index is -0.0682. The van der Waals surface area contributed by atoms with Crippen molar-refractivity contribution in [2.24, 2.45) is 16.1 Å². The molecule has 0 atom stereocenters. The second kappa shape index (κ2) is 4.29. The summed E-state index contributed by atoms with van der Waals surface area (Å²) in [6.07, 6.45) is 0. The van der Waals surface area contributed by atoms with Crippen molar-refractivity contribution in [1.29, 1.82) is 0 Å². The van der Waals surface area contributed by atoms with Crippen LogP contribution < -0.4 is 5.73 Å². The van der Waals surface area contributed by atoms with Gasteiger partial charge >= 0.3 is 0 Å². The van der Waals surface area contributed by atoms with Crippen molar-refractivity contribution in [1.82, 2.24) is 0 Å². The summed E-state index contributed by atoms with van der Waals surface area (Å²) >= 11 is 2.26. The summed E-state index contributed by atoms with van der Waals surface area (Å²) in [6, 6.07) is 7.99. The first kappa shape index (κ1) is 11.5. The van der Waals surface area contributed by atoms with Gasteiger partial charge < -0.3 is 5.73 Å². The highest BCUT2D eigenvalue weighted by Crippen LogP contribution is 2.20. The zero-order valence-electron chi connectivity index (χ0n) is 8.71. The molecule has 1 rings (SSSR count). The first-order valence-corrected chi connectivity index (χ1v) is 5.57. The average Bonchev–Trinajstić information content (AvgIpc) is 2.02. The van der Waals surface area contributed by atoms with E-state index in [1.165, 1.54) is 3.57 Å². The van der Waals surface area contributed by atoms with E-state index in [4.69, 9.17) is 5.73 Å². The van der Waals surface area contributed by atoms with Gasteiger partial charge in [0.2, 0.25) is 0 Å². The van der Waals surface area contributed by atoms with Gasteiger partial charge in [0.05, 0.1) is 5.69 Å². The molecule has 76 valence electrons. The number of amidine groups is 1. The normalized spacial score (nSPS) is 13.0. The third kappa shape index (κ3) is 3.29. The molecule has 0 heterocycles. The van der Waals surface area contributed by atoms with E-state index in [-0.39, 0.29) is 5.41 Å². The quantitative estimate of drug-likeness (QED) is 0.482. The maximum absolute atomic E-state index is 5.88. The fourth-order valence-corrected chi connectivity index (χ4v) is 1.38. The third-order valence-electron chi connectivity index (χ3n) is 1.83. The molecule has 2 N–H and O–H groups in total. The Morgan fingerprint density at radius 1 is 1.36 bits per heavy atom. The first-order valence-electron chi connectivity index (χ1n) is 4.50. The van der Waals surface area contributed by atoms with Crippen molar-refractivity contribution in [3.63, 3.8) is 0 Å². The molecule has 14 heavy (non-hydrogen) atoms. The second-order valence-electron chi connectivity index (χ2n) is 4.23. The molecule has 0 fully saturated rings. The van der Waals surface area contributed by atoms with Crippen molar-refractivity contribution >= 4 is 34.1 Å². The molecule has 1 aromatic carbocycles. The minimum Gasteiger partial charge on any atom is -0.387 e. The van der Waals surface area contributed by atoms with Gasteiger partial charge in [-0.05, 0) is 40.8 Å². The second-order valence-corrected chi connectivity index (χ2v) is 5.47. The summed E-state index contributed by atoms with van der Waals surface area (Å²) in [6.45, 7) is 6.17. The van der Waals surface area contributed by atoms with Gasteiger partial charge in [0.15, 0.2) is 0 Å². The number of hydrogen-bond donors (Lipinski definition) is 1. The van der Waals surface area contributed by atoms with Gasteiger partial charge in [-0.1, -0.05) is 26.8 Å². The molecule has 1 aromatic rings. The van der Waals surface area contributed by atoms with Crippen LogP contribution in [0.5, 0.6) is 0 Å². The van der Waals surface area contributed by atoms with E-state index in [2.05, 4.69) is 48.4 Å². The zero-order valence-corrected chi connectivity index (χ0v) is 10.9. The highest BCUT2D eigenvalue weighted by atomic mass is 127. The van der Waals surface area contributed by atoms with Gasteiger partial charge in [0.1, 0.15) is 5.84 Å². The summed E-state index contributed by atoms with van der Waals surface area (Å²) in [5.41, 5.74) is 6.73. The van der Waals surface area contributed by atoms with Crippen LogP contribution >= 0.6 is 22.6 Å². The average molecular weight is 302 g/mol. The Morgan fingerprint density at radius 3 is 2.50 bits per heavy atom. The van der Waals surface area contributed by atoms with Crippen molar-refractivity contribution in [2.45, 2.75) is 20.8 Å². The Kier molecular flexibility index (Phi) is 3.53. The lowest BCUT2D eigenvalue weighted by Gasteiger charge is -2.17. The van der Waals surface area contributed by atoms with Crippen molar-refractivity contribution < 1.29 is 0 Å². The monoisotopic (exact) mass is 302 g/mol. The maximum atomic E-state index is 5.88. The van der Waals surface area contributed by atoms with Gasteiger partial charge in [-0.3, -0.25) is 0 Å². The van der Waals surface area contributed by atoms with E-state index in [0.29, 0.717) is 5.84 Å². The lowest BCUT2D eigenvalue weighted by atomic mass is 9.95. The third-order valence-corrected chi connectivity index (χ3v) is 2.50. The molecular formula is C11H15IN2. The van der Waals surface area contributed by atoms with Crippen molar-refractivity contribution in [3.8, 4) is 0 Å². The number of halogens is 1. The Hall–Kier alpha value is -0.580. The number of nitrogens with two attached hydrogens (primary N) is 1. The molecule has 0 aliphatic rings. The molecule has 0 amide bonds. The Labute approximate surface area is 98.8 Å². The molecule has 0 radical (unpaired) electrons. The van der Waals surface area contributed by atoms with Gasteiger partial charge in [-0.2, -0.15) is 0 Å². The summed E-state index contributed by atoms with van der Waals surface area (Å²) in [5, 5.41) is 0. The standard InChI is InChI=1S/C11H15IN2/c1-11(2,3)10(13)14-9-6-4-5-8(12)7-9/h4-7H,1-3H3,(H2,13,14). The molecular weight excluding hydrogens is 287 g/mol. The largest absolute Gasteiger partial charge is 0.387 e. The summed E-state index contributed by atoms with van der Waals surface area (Å²) in [5.74, 6) is 0.666. The highest BCUT2D eigenvalue weighted by molar-refractivity contribution is 14.1. The molecule has 0 aromatic heterocycles. The van der Waals surface area contributed by atoms with Crippen LogP contribution in [-0.4, -0.2) is 5.84 Å². The number of aliphatic imine (C=N–C) groups is 1. The van der Waals surface area contributed by atoms with Crippen LogP contribution in [0.4, 0.5) is 5.69 Å². The number of hydrogen-bond acceptors (Lipinski definition) is 1. The van der Waals surface area contributed by atoms with Crippen LogP contribution in [0.3, 0.4) is 0 Å². The Morgan fingerprint density at radius 2 is 2.00 bits per heavy atom. The first-order chi connectivity index (χ1) is 6.39. The van der Waals surface area contributed by atoms with Crippen LogP contribution in [0.2, 0.25) is 0 Å². The molecule has 0 aliphatic heterocycles. The van der Waals surface area contributed by atoms with Crippen LogP contribution in [0, 0.1) is 8.99 Å². The lowest BCUT2D eigenvalue weighted by Crippen LogP contribution is -2.28. The van der Waals surface area contributed by atoms with E-state index in [0.717, 1.165) is 5.69 Å². The summed E-state index contributed by atoms with van der Waals surface area (Å²) in [7, 11) is 0. The van der Waals surface area contributed by atoms with E-state index in [1.807, 2.05) is 24.3 Å². The predicted octanol–water partition coefficient (Wildman–Crippen LogP) is 3.33. The van der Waals surface area contributed by atoms with Crippen molar-refractivity contribution in [2.75, 3.05) is 0 Å². The van der Waals surface area contributed by atoms with Gasteiger partial charge in [-0.15, -0.1) is 0 Å². The van der Waals surface area contributed by atoms with E-state index in [1.54, 1.807) is 0 Å². The Bertz CT molecular complexity index is 351. The number of rotatable bonds is 1. The molecule has 2 nitrogen and oxygen atoms in total. The SMILES string of the molecule is CC(C)(C)C(N)=Nc1cccc(I)c1. The van der Waals surface area contributed by atoms with E-state index in [9.17, 15) is 0 Å².